The van der Waals surface area contributed by atoms with Crippen molar-refractivity contribution in [3.8, 4) is 11.5 Å². The van der Waals surface area contributed by atoms with Gasteiger partial charge in [0, 0.05) is 24.4 Å². The molecule has 1 heterocycles. The second kappa shape index (κ2) is 9.43. The highest BCUT2D eigenvalue weighted by Gasteiger charge is 2.33. The number of hydrazone groups is 1. The van der Waals surface area contributed by atoms with Gasteiger partial charge in [0.05, 0.1) is 26.0 Å². The van der Waals surface area contributed by atoms with Gasteiger partial charge in [-0.3, -0.25) is 4.79 Å². The van der Waals surface area contributed by atoms with Crippen LogP contribution in [0.2, 0.25) is 0 Å². The first kappa shape index (κ1) is 21.4. The predicted octanol–water partition coefficient (Wildman–Crippen LogP) is 2.47. The second-order valence-electron chi connectivity index (χ2n) is 7.04. The van der Waals surface area contributed by atoms with E-state index in [4.69, 9.17) is 9.47 Å². The number of hydrogen-bond acceptors (Lipinski definition) is 6. The van der Waals surface area contributed by atoms with Crippen molar-refractivity contribution in [2.45, 2.75) is 38.6 Å². The van der Waals surface area contributed by atoms with Crippen molar-refractivity contribution in [3.63, 3.8) is 0 Å². The number of rotatable bonds is 8. The van der Waals surface area contributed by atoms with E-state index >= 15 is 0 Å². The van der Waals surface area contributed by atoms with Crippen molar-refractivity contribution in [1.29, 1.82) is 0 Å². The molecule has 7 heteroatoms. The summed E-state index contributed by atoms with van der Waals surface area (Å²) in [6.45, 7) is 2.08. The van der Waals surface area contributed by atoms with Gasteiger partial charge in [-0.05, 0) is 42.2 Å². The molecule has 1 amide bonds. The molecule has 0 bridgehead atoms. The molecule has 0 fully saturated rings. The van der Waals surface area contributed by atoms with Gasteiger partial charge in [0.15, 0.2) is 11.5 Å². The Balaban J connectivity index is 1.93. The monoisotopic (exact) mass is 409 g/mol. The summed E-state index contributed by atoms with van der Waals surface area (Å²) < 4.78 is 10.7. The molecule has 30 heavy (non-hydrogen) atoms. The number of nitrogens with zero attached hydrogens (tertiary/aromatic N) is 2. The average Bonchev–Trinajstić information content (AvgIpc) is 3.22. The number of carbonyl (C=O) groups excluding carboxylic acids is 2. The number of aryl methyl sites for hydroxylation is 1. The van der Waals surface area contributed by atoms with Crippen LogP contribution in [0.5, 0.6) is 11.5 Å². The maximum atomic E-state index is 12.7. The number of amides is 1. The van der Waals surface area contributed by atoms with Crippen LogP contribution in [0.3, 0.4) is 0 Å². The van der Waals surface area contributed by atoms with E-state index in [0.717, 1.165) is 23.3 Å². The van der Waals surface area contributed by atoms with Gasteiger partial charge in [-0.2, -0.15) is 5.10 Å². The van der Waals surface area contributed by atoms with Gasteiger partial charge in [-0.15, -0.1) is 0 Å². The standard InChI is InChI=1S/C23H26N2O5/c1-4-15-5-7-16(8-6-15)19-14-18(24-25(19)22(26)11-12-23(27)28)17-9-10-20(29-2)21(13-17)30-3/h5-10,13,19H,4,11-12,14H2,1-3H3,(H,27,28)/p-1/t19-/m0/s1. The number of benzene rings is 2. The molecule has 1 aliphatic heterocycles. The van der Waals surface area contributed by atoms with Crippen LogP contribution in [0, 0.1) is 0 Å². The smallest absolute Gasteiger partial charge is 0.243 e. The lowest BCUT2D eigenvalue weighted by Gasteiger charge is -2.22. The van der Waals surface area contributed by atoms with Gasteiger partial charge in [0.1, 0.15) is 0 Å². The molecule has 0 radical (unpaired) electrons. The maximum Gasteiger partial charge on any atom is 0.243 e. The van der Waals surface area contributed by atoms with Crippen LogP contribution >= 0.6 is 0 Å². The lowest BCUT2D eigenvalue weighted by molar-refractivity contribution is -0.305. The fourth-order valence-electron chi connectivity index (χ4n) is 3.49. The van der Waals surface area contributed by atoms with E-state index < -0.39 is 5.97 Å². The molecule has 158 valence electrons. The summed E-state index contributed by atoms with van der Waals surface area (Å²) in [5.41, 5.74) is 3.70. The highest BCUT2D eigenvalue weighted by Crippen LogP contribution is 2.35. The summed E-state index contributed by atoms with van der Waals surface area (Å²) in [5, 5.41) is 16.8. The first-order valence-electron chi connectivity index (χ1n) is 9.87. The van der Waals surface area contributed by atoms with Crippen LogP contribution in [0.25, 0.3) is 0 Å². The zero-order valence-electron chi connectivity index (χ0n) is 17.4. The van der Waals surface area contributed by atoms with Crippen LogP contribution in [0.15, 0.2) is 47.6 Å². The number of methoxy groups -OCH3 is 2. The number of carbonyl (C=O) groups is 2. The number of aliphatic carboxylic acids is 1. The Labute approximate surface area is 175 Å². The molecular formula is C23H25N2O5-. The number of hydrogen-bond donors (Lipinski definition) is 0. The number of carboxylic acid groups (broad SMARTS) is 1. The highest BCUT2D eigenvalue weighted by atomic mass is 16.5. The predicted molar refractivity (Wildman–Crippen MR) is 110 cm³/mol. The average molecular weight is 409 g/mol. The van der Waals surface area contributed by atoms with Crippen molar-refractivity contribution in [1.82, 2.24) is 5.01 Å². The number of carboxylic acids is 1. The van der Waals surface area contributed by atoms with E-state index in [-0.39, 0.29) is 24.8 Å². The second-order valence-corrected chi connectivity index (χ2v) is 7.04. The summed E-state index contributed by atoms with van der Waals surface area (Å²) in [7, 11) is 3.13. The quantitative estimate of drug-likeness (QED) is 0.668. The van der Waals surface area contributed by atoms with Gasteiger partial charge in [-0.1, -0.05) is 31.2 Å². The fourth-order valence-corrected chi connectivity index (χ4v) is 3.49. The Morgan fingerprint density at radius 3 is 2.37 bits per heavy atom. The van der Waals surface area contributed by atoms with Gasteiger partial charge < -0.3 is 19.4 Å². The first-order valence-corrected chi connectivity index (χ1v) is 9.87. The third-order valence-electron chi connectivity index (χ3n) is 5.20. The Morgan fingerprint density at radius 2 is 1.77 bits per heavy atom. The third kappa shape index (κ3) is 4.62. The van der Waals surface area contributed by atoms with Gasteiger partial charge >= 0.3 is 0 Å². The van der Waals surface area contributed by atoms with Crippen LogP contribution in [0.1, 0.15) is 48.9 Å². The van der Waals surface area contributed by atoms with E-state index in [9.17, 15) is 14.7 Å². The molecule has 0 spiro atoms. The molecule has 2 aromatic carbocycles. The molecular weight excluding hydrogens is 384 g/mol. The molecule has 0 unspecified atom stereocenters. The zero-order valence-corrected chi connectivity index (χ0v) is 17.4. The van der Waals surface area contributed by atoms with Crippen molar-refractivity contribution in [2.75, 3.05) is 14.2 Å². The highest BCUT2D eigenvalue weighted by molar-refractivity contribution is 6.03. The summed E-state index contributed by atoms with van der Waals surface area (Å²) in [6.07, 6.45) is 0.942. The Kier molecular flexibility index (Phi) is 6.72. The SMILES string of the molecule is CCc1ccc([C@@H]2CC(c3ccc(OC)c(OC)c3)=NN2C(=O)CCC(=O)[O-])cc1. The lowest BCUT2D eigenvalue weighted by atomic mass is 9.97. The van der Waals surface area contributed by atoms with E-state index in [1.165, 1.54) is 10.6 Å². The fraction of sp³-hybridized carbons (Fsp3) is 0.348. The van der Waals surface area contributed by atoms with Gasteiger partial charge in [-0.25, -0.2) is 5.01 Å². The van der Waals surface area contributed by atoms with E-state index in [2.05, 4.69) is 12.0 Å². The molecule has 7 nitrogen and oxygen atoms in total. The van der Waals surface area contributed by atoms with Gasteiger partial charge in [0.2, 0.25) is 5.91 Å². The molecule has 0 aliphatic carbocycles. The van der Waals surface area contributed by atoms with Gasteiger partial charge in [0.25, 0.3) is 0 Å². The summed E-state index contributed by atoms with van der Waals surface area (Å²) >= 11 is 0. The Hall–Kier alpha value is -3.35. The first-order chi connectivity index (χ1) is 14.5. The Morgan fingerprint density at radius 1 is 1.07 bits per heavy atom. The third-order valence-corrected chi connectivity index (χ3v) is 5.20. The topological polar surface area (TPSA) is 91.3 Å². The maximum absolute atomic E-state index is 12.7. The zero-order chi connectivity index (χ0) is 21.7. The van der Waals surface area contributed by atoms with Crippen LogP contribution in [-0.2, 0) is 16.0 Å². The minimum absolute atomic E-state index is 0.158. The van der Waals surface area contributed by atoms with E-state index in [1.807, 2.05) is 36.4 Å². The minimum Gasteiger partial charge on any atom is -0.550 e. The van der Waals surface area contributed by atoms with Crippen LogP contribution < -0.4 is 14.6 Å². The molecule has 3 rings (SSSR count). The molecule has 0 saturated carbocycles. The Bertz CT molecular complexity index is 953. The number of ether oxygens (including phenoxy) is 2. The van der Waals surface area contributed by atoms with E-state index in [1.54, 1.807) is 20.3 Å². The van der Waals surface area contributed by atoms with Crippen molar-refractivity contribution < 1.29 is 24.2 Å². The van der Waals surface area contributed by atoms with Crippen LogP contribution in [-0.4, -0.2) is 36.8 Å². The molecule has 0 saturated heterocycles. The lowest BCUT2D eigenvalue weighted by Crippen LogP contribution is -2.29. The van der Waals surface area contributed by atoms with Crippen LogP contribution in [0.4, 0.5) is 0 Å². The van der Waals surface area contributed by atoms with Crippen molar-refractivity contribution in [3.05, 3.63) is 59.2 Å². The van der Waals surface area contributed by atoms with Crippen molar-refractivity contribution in [2.24, 2.45) is 5.10 Å². The molecule has 2 aromatic rings. The minimum atomic E-state index is -1.25. The molecule has 0 N–H and O–H groups in total. The summed E-state index contributed by atoms with van der Waals surface area (Å²) in [4.78, 5) is 23.6. The largest absolute Gasteiger partial charge is 0.550 e. The molecule has 1 aliphatic rings. The molecule has 1 atom stereocenters. The molecule has 0 aromatic heterocycles. The van der Waals surface area contributed by atoms with Crippen molar-refractivity contribution >= 4 is 17.6 Å². The normalized spacial score (nSPS) is 15.6. The van der Waals surface area contributed by atoms with E-state index in [0.29, 0.717) is 17.9 Å². The summed E-state index contributed by atoms with van der Waals surface area (Å²) in [6, 6.07) is 13.2. The summed E-state index contributed by atoms with van der Waals surface area (Å²) in [5.74, 6) is -0.425.